The predicted octanol–water partition coefficient (Wildman–Crippen LogP) is 4.11. The van der Waals surface area contributed by atoms with Gasteiger partial charge in [-0.3, -0.25) is 0 Å². The van der Waals surface area contributed by atoms with Crippen molar-refractivity contribution in [3.63, 3.8) is 0 Å². The van der Waals surface area contributed by atoms with E-state index in [9.17, 15) is 4.39 Å². The Morgan fingerprint density at radius 3 is 2.67 bits per heavy atom. The molecule has 1 heterocycles. The van der Waals surface area contributed by atoms with Crippen molar-refractivity contribution >= 4 is 11.0 Å². The highest BCUT2D eigenvalue weighted by Gasteiger charge is 2.20. The number of fused-ring (bicyclic) bond motifs is 1. The largest absolute Gasteiger partial charge is 0.456 e. The molecule has 0 aliphatic carbocycles. The molecule has 0 aliphatic rings. The minimum Gasteiger partial charge on any atom is -0.456 e. The third kappa shape index (κ3) is 2.15. The quantitative estimate of drug-likeness (QED) is 0.882. The van der Waals surface area contributed by atoms with Crippen molar-refractivity contribution in [1.29, 1.82) is 0 Å². The molecule has 0 unspecified atom stereocenters. The van der Waals surface area contributed by atoms with Crippen LogP contribution in [0.3, 0.4) is 0 Å². The molecule has 1 N–H and O–H groups in total. The van der Waals surface area contributed by atoms with Gasteiger partial charge < -0.3 is 9.73 Å². The lowest BCUT2D eigenvalue weighted by Crippen LogP contribution is -2.12. The molecule has 0 saturated carbocycles. The summed E-state index contributed by atoms with van der Waals surface area (Å²) in [6.45, 7) is 9.80. The molecule has 0 spiro atoms. The average molecular weight is 249 g/mol. The standard InChI is InChI=1S/C15H20FNO/c1-5-17-8-12-13(9(2)3)14-10(4)6-7-11(16)15(14)18-12/h6-7,9,17H,5,8H2,1-4H3. The minimum atomic E-state index is -0.278. The van der Waals surface area contributed by atoms with Crippen LogP contribution in [0, 0.1) is 12.7 Å². The van der Waals surface area contributed by atoms with Crippen LogP contribution in [0.5, 0.6) is 0 Å². The van der Waals surface area contributed by atoms with E-state index in [1.165, 1.54) is 6.07 Å². The van der Waals surface area contributed by atoms with Gasteiger partial charge in [0.2, 0.25) is 0 Å². The summed E-state index contributed by atoms with van der Waals surface area (Å²) >= 11 is 0. The number of benzene rings is 1. The van der Waals surface area contributed by atoms with Crippen LogP contribution >= 0.6 is 0 Å². The van der Waals surface area contributed by atoms with Crippen molar-refractivity contribution in [2.24, 2.45) is 0 Å². The molecule has 2 rings (SSSR count). The highest BCUT2D eigenvalue weighted by atomic mass is 19.1. The van der Waals surface area contributed by atoms with Gasteiger partial charge in [-0.2, -0.15) is 0 Å². The molecule has 2 nitrogen and oxygen atoms in total. The van der Waals surface area contributed by atoms with Gasteiger partial charge in [-0.1, -0.05) is 26.8 Å². The number of hydrogen-bond donors (Lipinski definition) is 1. The molecule has 0 bridgehead atoms. The van der Waals surface area contributed by atoms with E-state index >= 15 is 0 Å². The summed E-state index contributed by atoms with van der Waals surface area (Å²) < 4.78 is 19.6. The zero-order chi connectivity index (χ0) is 13.3. The van der Waals surface area contributed by atoms with Crippen LogP contribution in [0.2, 0.25) is 0 Å². The molecule has 2 aromatic rings. The normalized spacial score (nSPS) is 11.7. The maximum atomic E-state index is 13.8. The number of aryl methyl sites for hydroxylation is 1. The van der Waals surface area contributed by atoms with Crippen molar-refractivity contribution < 1.29 is 8.81 Å². The van der Waals surface area contributed by atoms with Crippen molar-refractivity contribution in [3.05, 3.63) is 34.8 Å². The highest BCUT2D eigenvalue weighted by molar-refractivity contribution is 5.86. The molecular formula is C15H20FNO. The molecule has 0 atom stereocenters. The Hall–Kier alpha value is -1.35. The lowest BCUT2D eigenvalue weighted by Gasteiger charge is -2.07. The number of halogens is 1. The van der Waals surface area contributed by atoms with Gasteiger partial charge in [0, 0.05) is 10.9 Å². The van der Waals surface area contributed by atoms with Crippen LogP contribution in [-0.4, -0.2) is 6.54 Å². The first-order valence-electron chi connectivity index (χ1n) is 6.47. The fourth-order valence-electron chi connectivity index (χ4n) is 2.39. The van der Waals surface area contributed by atoms with E-state index in [1.807, 2.05) is 19.9 Å². The van der Waals surface area contributed by atoms with E-state index in [0.29, 0.717) is 18.0 Å². The van der Waals surface area contributed by atoms with Crippen LogP contribution < -0.4 is 5.32 Å². The van der Waals surface area contributed by atoms with Gasteiger partial charge in [-0.15, -0.1) is 0 Å². The molecule has 0 amide bonds. The van der Waals surface area contributed by atoms with Crippen molar-refractivity contribution in [2.45, 2.75) is 40.2 Å². The van der Waals surface area contributed by atoms with Gasteiger partial charge in [0.15, 0.2) is 11.4 Å². The summed E-state index contributed by atoms with van der Waals surface area (Å²) in [5.74, 6) is 0.899. The summed E-state index contributed by atoms with van der Waals surface area (Å²) in [6.07, 6.45) is 0. The van der Waals surface area contributed by atoms with E-state index in [2.05, 4.69) is 19.2 Å². The Bertz CT molecular complexity index is 557. The van der Waals surface area contributed by atoms with Crippen LogP contribution in [0.15, 0.2) is 16.5 Å². The third-order valence-corrected chi connectivity index (χ3v) is 3.23. The molecule has 98 valence electrons. The number of rotatable bonds is 4. The third-order valence-electron chi connectivity index (χ3n) is 3.23. The average Bonchev–Trinajstić information content (AvgIpc) is 2.72. The van der Waals surface area contributed by atoms with Crippen LogP contribution in [0.1, 0.15) is 43.6 Å². The topological polar surface area (TPSA) is 25.2 Å². The zero-order valence-electron chi connectivity index (χ0n) is 11.4. The Morgan fingerprint density at radius 1 is 1.33 bits per heavy atom. The first-order valence-corrected chi connectivity index (χ1v) is 6.47. The lowest BCUT2D eigenvalue weighted by molar-refractivity contribution is 0.492. The molecule has 3 heteroatoms. The zero-order valence-corrected chi connectivity index (χ0v) is 11.4. The first kappa shape index (κ1) is 13.1. The summed E-state index contributed by atoms with van der Waals surface area (Å²) in [7, 11) is 0. The predicted molar refractivity (Wildman–Crippen MR) is 72.4 cm³/mol. The van der Waals surface area contributed by atoms with E-state index in [1.54, 1.807) is 0 Å². The van der Waals surface area contributed by atoms with E-state index in [4.69, 9.17) is 4.42 Å². The van der Waals surface area contributed by atoms with Gasteiger partial charge in [0.05, 0.1) is 6.54 Å². The Balaban J connectivity index is 2.67. The Kier molecular flexibility index (Phi) is 3.71. The summed E-state index contributed by atoms with van der Waals surface area (Å²) in [4.78, 5) is 0. The van der Waals surface area contributed by atoms with E-state index in [-0.39, 0.29) is 5.82 Å². The Labute approximate surface area is 107 Å². The smallest absolute Gasteiger partial charge is 0.170 e. The molecule has 1 aromatic carbocycles. The molecule has 18 heavy (non-hydrogen) atoms. The maximum absolute atomic E-state index is 13.8. The summed E-state index contributed by atoms with van der Waals surface area (Å²) in [5.41, 5.74) is 2.59. The number of hydrogen-bond acceptors (Lipinski definition) is 2. The number of nitrogens with one attached hydrogen (secondary N) is 1. The molecule has 0 radical (unpaired) electrons. The van der Waals surface area contributed by atoms with Gasteiger partial charge in [0.25, 0.3) is 0 Å². The van der Waals surface area contributed by atoms with Crippen molar-refractivity contribution in [1.82, 2.24) is 5.32 Å². The first-order chi connectivity index (χ1) is 8.56. The fraction of sp³-hybridized carbons (Fsp3) is 0.467. The Morgan fingerprint density at radius 2 is 2.06 bits per heavy atom. The van der Waals surface area contributed by atoms with Crippen molar-refractivity contribution in [3.8, 4) is 0 Å². The lowest BCUT2D eigenvalue weighted by atomic mass is 9.96. The van der Waals surface area contributed by atoms with Crippen LogP contribution in [0.25, 0.3) is 11.0 Å². The van der Waals surface area contributed by atoms with Gasteiger partial charge in [0.1, 0.15) is 5.76 Å². The van der Waals surface area contributed by atoms with E-state index < -0.39 is 0 Å². The highest BCUT2D eigenvalue weighted by Crippen LogP contribution is 2.35. The molecule has 1 aromatic heterocycles. The van der Waals surface area contributed by atoms with Gasteiger partial charge >= 0.3 is 0 Å². The second kappa shape index (κ2) is 5.11. The number of furan rings is 1. The minimum absolute atomic E-state index is 0.278. The fourth-order valence-corrected chi connectivity index (χ4v) is 2.39. The summed E-state index contributed by atoms with van der Waals surface area (Å²) in [5, 5.41) is 4.19. The monoisotopic (exact) mass is 249 g/mol. The second-order valence-electron chi connectivity index (χ2n) is 4.94. The van der Waals surface area contributed by atoms with Crippen LogP contribution in [0.4, 0.5) is 4.39 Å². The second-order valence-corrected chi connectivity index (χ2v) is 4.94. The molecule has 0 saturated heterocycles. The molecule has 0 aliphatic heterocycles. The van der Waals surface area contributed by atoms with Crippen molar-refractivity contribution in [2.75, 3.05) is 6.54 Å². The SMILES string of the molecule is CCNCc1oc2c(F)ccc(C)c2c1C(C)C. The van der Waals surface area contributed by atoms with Gasteiger partial charge in [-0.25, -0.2) is 4.39 Å². The van der Waals surface area contributed by atoms with E-state index in [0.717, 1.165) is 28.8 Å². The van der Waals surface area contributed by atoms with Gasteiger partial charge in [-0.05, 0) is 31.0 Å². The maximum Gasteiger partial charge on any atom is 0.170 e. The molecular weight excluding hydrogens is 229 g/mol. The van der Waals surface area contributed by atoms with Crippen LogP contribution in [-0.2, 0) is 6.54 Å². The summed E-state index contributed by atoms with van der Waals surface area (Å²) in [6, 6.07) is 3.29. The molecule has 0 fully saturated rings.